The molecule has 2 N–H and O–H groups in total. The largest absolute Gasteiger partial charge is 0.471 e. The second-order valence-corrected chi connectivity index (χ2v) is 6.30. The van der Waals surface area contributed by atoms with Gasteiger partial charge in [-0.25, -0.2) is 4.98 Å². The van der Waals surface area contributed by atoms with Gasteiger partial charge in [0.1, 0.15) is 5.82 Å². The van der Waals surface area contributed by atoms with Gasteiger partial charge >= 0.3 is 0 Å². The van der Waals surface area contributed by atoms with Crippen LogP contribution in [0.3, 0.4) is 0 Å². The molecule has 0 atom stereocenters. The summed E-state index contributed by atoms with van der Waals surface area (Å²) < 4.78 is 3.86. The van der Waals surface area contributed by atoms with Crippen molar-refractivity contribution in [1.29, 1.82) is 0 Å². The maximum atomic E-state index is 8.95. The van der Waals surface area contributed by atoms with E-state index in [-0.39, 0.29) is 0 Å². The predicted molar refractivity (Wildman–Crippen MR) is 103 cm³/mol. The number of aromatic nitrogens is 2. The van der Waals surface area contributed by atoms with Gasteiger partial charge < -0.3 is 15.0 Å². The maximum Gasteiger partial charge on any atom is 0.292 e. The lowest BCUT2D eigenvalue weighted by atomic mass is 10.1. The number of carbonyl (C=O) groups is 1. The van der Waals surface area contributed by atoms with E-state index >= 15 is 0 Å². The fourth-order valence-corrected chi connectivity index (χ4v) is 1.69. The van der Waals surface area contributed by atoms with E-state index in [4.69, 9.17) is 4.79 Å². The molecule has 0 unspecified atom stereocenters. The molecule has 3 aromatic rings. The summed E-state index contributed by atoms with van der Waals surface area (Å²) in [5.74, 6) is 0.928. The van der Waals surface area contributed by atoms with Gasteiger partial charge in [0, 0.05) is 11.1 Å². The summed E-state index contributed by atoms with van der Waals surface area (Å²) in [5.41, 5.74) is 3.50. The van der Waals surface area contributed by atoms with E-state index in [9.17, 15) is 0 Å². The minimum Gasteiger partial charge on any atom is -0.471 e. The van der Waals surface area contributed by atoms with Crippen LogP contribution in [-0.4, -0.2) is 36.1 Å². The number of ether oxygens (including phenoxy) is 1. The van der Waals surface area contributed by atoms with Crippen LogP contribution in [0.15, 0.2) is 54.6 Å². The molecule has 134 valence electrons. The number of nitrogens with one attached hydrogen (secondary N) is 2. The van der Waals surface area contributed by atoms with E-state index in [1.807, 2.05) is 49.5 Å². The second-order valence-electron chi connectivity index (χ2n) is 6.30. The average Bonchev–Trinajstić information content (AvgIpc) is 3.07. The van der Waals surface area contributed by atoms with E-state index in [1.165, 1.54) is 7.11 Å². The van der Waals surface area contributed by atoms with Crippen molar-refractivity contribution in [3.8, 4) is 11.4 Å². The van der Waals surface area contributed by atoms with Crippen molar-refractivity contribution in [3.63, 3.8) is 0 Å². The first-order valence-electron chi connectivity index (χ1n) is 8.06. The van der Waals surface area contributed by atoms with Crippen LogP contribution in [0.1, 0.15) is 20.8 Å². The third-order valence-electron chi connectivity index (χ3n) is 3.28. The molecule has 5 heteroatoms. The molecule has 0 aliphatic rings. The number of H-pyrrole nitrogens is 1. The lowest BCUT2D eigenvalue weighted by Gasteiger charge is -2.15. The first kappa shape index (κ1) is 20.4. The minimum atomic E-state index is 0.292. The number of benzene rings is 2. The first-order valence-corrected chi connectivity index (χ1v) is 8.06. The summed E-state index contributed by atoms with van der Waals surface area (Å²) in [4.78, 5) is 16.8. The zero-order valence-electron chi connectivity index (χ0n) is 15.5. The van der Waals surface area contributed by atoms with Crippen molar-refractivity contribution in [2.24, 2.45) is 0 Å². The Kier molecular flexibility index (Phi) is 8.36. The summed E-state index contributed by atoms with van der Waals surface area (Å²) in [6.45, 7) is 6.77. The molecule has 0 radical (unpaired) electrons. The zero-order chi connectivity index (χ0) is 18.7. The van der Waals surface area contributed by atoms with E-state index < -0.39 is 0 Å². The Bertz CT molecular complexity index is 713. The smallest absolute Gasteiger partial charge is 0.292 e. The average molecular weight is 341 g/mol. The van der Waals surface area contributed by atoms with Gasteiger partial charge in [-0.2, -0.15) is 0 Å². The zero-order valence-corrected chi connectivity index (χ0v) is 15.5. The maximum absolute atomic E-state index is 8.95. The van der Waals surface area contributed by atoms with E-state index in [0.29, 0.717) is 12.0 Å². The summed E-state index contributed by atoms with van der Waals surface area (Å²) in [6.07, 6.45) is 0. The van der Waals surface area contributed by atoms with Gasteiger partial charge in [-0.3, -0.25) is 4.79 Å². The minimum absolute atomic E-state index is 0.292. The lowest BCUT2D eigenvalue weighted by molar-refractivity contribution is -0.126. The Labute approximate surface area is 149 Å². The molecule has 25 heavy (non-hydrogen) atoms. The monoisotopic (exact) mass is 341 g/mol. The van der Waals surface area contributed by atoms with Crippen LogP contribution in [0, 0.1) is 0 Å². The molecule has 0 saturated carbocycles. The van der Waals surface area contributed by atoms with Crippen LogP contribution in [0.2, 0.25) is 0 Å². The van der Waals surface area contributed by atoms with Crippen LogP contribution < -0.4 is 5.32 Å². The number of nitrogens with zero attached hydrogens (tertiary/aromatic N) is 1. The highest BCUT2D eigenvalue weighted by Gasteiger charge is 2.03. The SMILES string of the molecule is CNC(C)(C)C.COC=O.c1ccc(-c2nc3ccccc3[nH]2)cc1. The van der Waals surface area contributed by atoms with Gasteiger partial charge in [-0.15, -0.1) is 0 Å². The molecular formula is C20H27N3O2. The van der Waals surface area contributed by atoms with E-state index in [0.717, 1.165) is 22.4 Å². The van der Waals surface area contributed by atoms with Crippen molar-refractivity contribution in [2.75, 3.05) is 14.2 Å². The number of para-hydroxylation sites is 2. The van der Waals surface area contributed by atoms with Gasteiger partial charge in [0.2, 0.25) is 0 Å². The highest BCUT2D eigenvalue weighted by molar-refractivity contribution is 5.79. The summed E-state index contributed by atoms with van der Waals surface area (Å²) in [5, 5.41) is 3.10. The van der Waals surface area contributed by atoms with Crippen molar-refractivity contribution in [3.05, 3.63) is 54.6 Å². The highest BCUT2D eigenvalue weighted by atomic mass is 16.5. The van der Waals surface area contributed by atoms with E-state index in [1.54, 1.807) is 0 Å². The molecule has 1 heterocycles. The van der Waals surface area contributed by atoms with Crippen LogP contribution >= 0.6 is 0 Å². The Balaban J connectivity index is 0.000000263. The number of methoxy groups -OCH3 is 1. The highest BCUT2D eigenvalue weighted by Crippen LogP contribution is 2.19. The van der Waals surface area contributed by atoms with Crippen molar-refractivity contribution in [1.82, 2.24) is 15.3 Å². The molecule has 5 nitrogen and oxygen atoms in total. The lowest BCUT2D eigenvalue weighted by Crippen LogP contribution is -2.31. The quantitative estimate of drug-likeness (QED) is 0.691. The number of carbonyl (C=O) groups excluding carboxylic acids is 1. The van der Waals surface area contributed by atoms with Gasteiger partial charge in [0.05, 0.1) is 18.1 Å². The normalized spacial score (nSPS) is 10.1. The van der Waals surface area contributed by atoms with Crippen molar-refractivity contribution in [2.45, 2.75) is 26.3 Å². The molecule has 0 aliphatic carbocycles. The van der Waals surface area contributed by atoms with Gasteiger partial charge in [0.25, 0.3) is 6.47 Å². The van der Waals surface area contributed by atoms with Crippen LogP contribution in [-0.2, 0) is 9.53 Å². The second kappa shape index (κ2) is 10.3. The predicted octanol–water partition coefficient (Wildman–Crippen LogP) is 4.02. The van der Waals surface area contributed by atoms with E-state index in [2.05, 4.69) is 52.9 Å². The molecule has 2 aromatic carbocycles. The number of rotatable bonds is 2. The molecule has 0 saturated heterocycles. The summed E-state index contributed by atoms with van der Waals surface area (Å²) in [6, 6.07) is 18.2. The molecule has 0 amide bonds. The Morgan fingerprint density at radius 2 is 1.56 bits per heavy atom. The first-order chi connectivity index (χ1) is 11.9. The fraction of sp³-hybridized carbons (Fsp3) is 0.300. The topological polar surface area (TPSA) is 67.0 Å². The molecule has 1 aromatic heterocycles. The molecule has 0 bridgehead atoms. The summed E-state index contributed by atoms with van der Waals surface area (Å²) in [7, 11) is 3.27. The van der Waals surface area contributed by atoms with Gasteiger partial charge in [-0.05, 0) is 40.0 Å². The third kappa shape index (κ3) is 7.63. The standard InChI is InChI=1S/C13H10N2.C5H13N.C2H4O2/c1-2-6-10(7-3-1)13-14-11-8-4-5-9-12(11)15-13;1-5(2,3)6-4;1-4-2-3/h1-9H,(H,14,15);6H,1-4H3;2H,1H3. The van der Waals surface area contributed by atoms with Crippen LogP contribution in [0.5, 0.6) is 0 Å². The number of hydrogen-bond donors (Lipinski definition) is 2. The number of aromatic amines is 1. The van der Waals surface area contributed by atoms with Gasteiger partial charge in [0.15, 0.2) is 0 Å². The molecule has 0 aliphatic heterocycles. The van der Waals surface area contributed by atoms with Gasteiger partial charge in [-0.1, -0.05) is 42.5 Å². The Morgan fingerprint density at radius 1 is 1.04 bits per heavy atom. The van der Waals surface area contributed by atoms with Crippen molar-refractivity contribution >= 4 is 17.5 Å². The number of fused-ring (bicyclic) bond motifs is 1. The fourth-order valence-electron chi connectivity index (χ4n) is 1.69. The third-order valence-corrected chi connectivity index (χ3v) is 3.28. The molecular weight excluding hydrogens is 314 g/mol. The van der Waals surface area contributed by atoms with Crippen LogP contribution in [0.4, 0.5) is 0 Å². The Morgan fingerprint density at radius 3 is 2.04 bits per heavy atom. The number of hydrogen-bond acceptors (Lipinski definition) is 4. The molecule has 3 rings (SSSR count). The molecule has 0 fully saturated rings. The van der Waals surface area contributed by atoms with Crippen LogP contribution in [0.25, 0.3) is 22.4 Å². The molecule has 0 spiro atoms. The Hall–Kier alpha value is -2.66. The van der Waals surface area contributed by atoms with Crippen molar-refractivity contribution < 1.29 is 9.53 Å². The number of imidazole rings is 1. The summed E-state index contributed by atoms with van der Waals surface area (Å²) >= 11 is 0.